The van der Waals surface area contributed by atoms with Crippen LogP contribution in [0.5, 0.6) is 0 Å². The molecule has 7 heteroatoms. The molecule has 7 nitrogen and oxygen atoms in total. The van der Waals surface area contributed by atoms with Crippen molar-refractivity contribution in [3.63, 3.8) is 0 Å². The molecule has 0 radical (unpaired) electrons. The molecule has 0 spiro atoms. The van der Waals surface area contributed by atoms with E-state index < -0.39 is 24.2 Å². The van der Waals surface area contributed by atoms with Gasteiger partial charge in [0.05, 0.1) is 12.2 Å². The van der Waals surface area contributed by atoms with Gasteiger partial charge in [0.2, 0.25) is 0 Å². The Morgan fingerprint density at radius 1 is 1.05 bits per heavy atom. The van der Waals surface area contributed by atoms with Crippen molar-refractivity contribution in [3.05, 3.63) is 0 Å². The summed E-state index contributed by atoms with van der Waals surface area (Å²) in [7, 11) is 0. The van der Waals surface area contributed by atoms with Gasteiger partial charge in [-0.05, 0) is 34.1 Å². The van der Waals surface area contributed by atoms with Crippen molar-refractivity contribution in [2.24, 2.45) is 0 Å². The first-order valence-electron chi connectivity index (χ1n) is 6.28. The first kappa shape index (κ1) is 17.2. The lowest BCUT2D eigenvalue weighted by Gasteiger charge is -2.22. The number of nitrogens with one attached hydrogen (secondary N) is 1. The number of ether oxygens (including phenoxy) is 2. The highest BCUT2D eigenvalue weighted by Gasteiger charge is 2.26. The van der Waals surface area contributed by atoms with E-state index in [9.17, 15) is 14.4 Å². The van der Waals surface area contributed by atoms with E-state index >= 15 is 0 Å². The van der Waals surface area contributed by atoms with Gasteiger partial charge in [-0.2, -0.15) is 0 Å². The smallest absolute Gasteiger partial charge is 0.436 e. The summed E-state index contributed by atoms with van der Waals surface area (Å²) in [4.78, 5) is 34.9. The Morgan fingerprint density at radius 3 is 2.00 bits per heavy atom. The third kappa shape index (κ3) is 7.28. The van der Waals surface area contributed by atoms with Gasteiger partial charge in [-0.1, -0.05) is 6.92 Å². The van der Waals surface area contributed by atoms with Gasteiger partial charge in [0.1, 0.15) is 0 Å². The molecule has 0 unspecified atom stereocenters. The number of hydrogen-bond donors (Lipinski definition) is 1. The highest BCUT2D eigenvalue weighted by molar-refractivity contribution is 5.93. The van der Waals surface area contributed by atoms with Gasteiger partial charge >= 0.3 is 12.2 Å². The number of nitrogens with zero attached hydrogens (tertiary/aromatic N) is 1. The predicted molar refractivity (Wildman–Crippen MR) is 68.1 cm³/mol. The van der Waals surface area contributed by atoms with E-state index in [1.165, 1.54) is 0 Å². The maximum absolute atomic E-state index is 11.7. The number of carbonyl (C=O) groups is 3. The minimum atomic E-state index is -0.922. The quantitative estimate of drug-likeness (QED) is 0.794. The van der Waals surface area contributed by atoms with E-state index in [1.54, 1.807) is 34.6 Å². The van der Waals surface area contributed by atoms with Gasteiger partial charge in [-0.25, -0.2) is 15.0 Å². The van der Waals surface area contributed by atoms with Crippen LogP contribution >= 0.6 is 0 Å². The van der Waals surface area contributed by atoms with E-state index in [-0.39, 0.29) is 12.5 Å². The highest BCUT2D eigenvalue weighted by Crippen LogP contribution is 2.02. The Balaban J connectivity index is 4.71. The molecule has 0 aliphatic heterocycles. The largest absolute Gasteiger partial charge is 0.446 e. The van der Waals surface area contributed by atoms with E-state index in [2.05, 4.69) is 5.43 Å². The molecule has 0 heterocycles. The number of imide groups is 1. The van der Waals surface area contributed by atoms with Crippen molar-refractivity contribution < 1.29 is 23.9 Å². The number of carbonyl (C=O) groups excluding carboxylic acids is 3. The molecule has 0 atom stereocenters. The van der Waals surface area contributed by atoms with Crippen LogP contribution in [0, 0.1) is 0 Å². The fourth-order valence-electron chi connectivity index (χ4n) is 1.12. The molecule has 0 aliphatic carbocycles. The van der Waals surface area contributed by atoms with Crippen LogP contribution in [0.2, 0.25) is 0 Å². The van der Waals surface area contributed by atoms with E-state index in [0.29, 0.717) is 11.4 Å². The number of hydrazine groups is 1. The third-order valence-corrected chi connectivity index (χ3v) is 1.78. The summed E-state index contributed by atoms with van der Waals surface area (Å²) in [6.07, 6.45) is -1.88. The fraction of sp³-hybridized carbons (Fsp3) is 0.750. The van der Waals surface area contributed by atoms with Gasteiger partial charge in [0.15, 0.2) is 0 Å². The van der Waals surface area contributed by atoms with Crippen molar-refractivity contribution >= 4 is 18.1 Å². The van der Waals surface area contributed by atoms with Gasteiger partial charge in [-0.3, -0.25) is 4.79 Å². The highest BCUT2D eigenvalue weighted by atomic mass is 16.6. The van der Waals surface area contributed by atoms with Gasteiger partial charge < -0.3 is 9.47 Å². The second-order valence-corrected chi connectivity index (χ2v) is 4.48. The summed E-state index contributed by atoms with van der Waals surface area (Å²) in [5.74, 6) is -0.547. The second-order valence-electron chi connectivity index (χ2n) is 4.48. The van der Waals surface area contributed by atoms with E-state index in [1.807, 2.05) is 0 Å². The summed E-state index contributed by atoms with van der Waals surface area (Å²) in [5, 5.41) is 0.550. The summed E-state index contributed by atoms with van der Waals surface area (Å²) >= 11 is 0. The van der Waals surface area contributed by atoms with Crippen LogP contribution in [0.4, 0.5) is 9.59 Å². The molecule has 3 amide bonds. The molecule has 0 fully saturated rings. The van der Waals surface area contributed by atoms with Crippen LogP contribution in [-0.2, 0) is 14.3 Å². The molecule has 110 valence electrons. The van der Waals surface area contributed by atoms with Crippen molar-refractivity contribution in [1.82, 2.24) is 10.4 Å². The topological polar surface area (TPSA) is 84.9 Å². The Kier molecular flexibility index (Phi) is 7.55. The van der Waals surface area contributed by atoms with E-state index in [0.717, 1.165) is 0 Å². The van der Waals surface area contributed by atoms with Crippen LogP contribution in [0.1, 0.15) is 47.5 Å². The molecule has 0 aromatic heterocycles. The lowest BCUT2D eigenvalue weighted by Crippen LogP contribution is -2.51. The Hall–Kier alpha value is -1.79. The lowest BCUT2D eigenvalue weighted by atomic mass is 10.3. The molecule has 0 saturated heterocycles. The van der Waals surface area contributed by atoms with Crippen molar-refractivity contribution in [1.29, 1.82) is 0 Å². The van der Waals surface area contributed by atoms with Crippen molar-refractivity contribution in [2.75, 3.05) is 0 Å². The van der Waals surface area contributed by atoms with Crippen LogP contribution in [0.3, 0.4) is 0 Å². The molecular weight excluding hydrogens is 252 g/mol. The second kappa shape index (κ2) is 8.34. The molecule has 0 aromatic rings. The molecule has 19 heavy (non-hydrogen) atoms. The van der Waals surface area contributed by atoms with Crippen LogP contribution in [-0.4, -0.2) is 35.3 Å². The maximum Gasteiger partial charge on any atom is 0.436 e. The van der Waals surface area contributed by atoms with Crippen molar-refractivity contribution in [3.8, 4) is 0 Å². The average Bonchev–Trinajstić information content (AvgIpc) is 2.23. The number of hydrogen-bond acceptors (Lipinski definition) is 5. The molecule has 1 N–H and O–H groups in total. The zero-order valence-corrected chi connectivity index (χ0v) is 12.1. The van der Waals surface area contributed by atoms with Gasteiger partial charge in [0, 0.05) is 6.42 Å². The SMILES string of the molecule is CCCC(=O)N(NC(=O)OC(C)C)C(=O)OC(C)C. The maximum atomic E-state index is 11.7. The molecule has 0 saturated carbocycles. The normalized spacial score (nSPS) is 10.3. The minimum Gasteiger partial charge on any atom is -0.446 e. The van der Waals surface area contributed by atoms with Gasteiger partial charge in [-0.15, -0.1) is 5.01 Å². The summed E-state index contributed by atoms with van der Waals surface area (Å²) in [5.41, 5.74) is 2.09. The first-order chi connectivity index (χ1) is 8.77. The lowest BCUT2D eigenvalue weighted by molar-refractivity contribution is -0.132. The van der Waals surface area contributed by atoms with E-state index in [4.69, 9.17) is 9.47 Å². The van der Waals surface area contributed by atoms with Crippen LogP contribution in [0.25, 0.3) is 0 Å². The predicted octanol–water partition coefficient (Wildman–Crippen LogP) is 2.21. The number of rotatable bonds is 4. The van der Waals surface area contributed by atoms with Crippen LogP contribution in [0.15, 0.2) is 0 Å². The minimum absolute atomic E-state index is 0.120. The average molecular weight is 274 g/mol. The third-order valence-electron chi connectivity index (χ3n) is 1.78. The van der Waals surface area contributed by atoms with Crippen molar-refractivity contribution in [2.45, 2.75) is 59.7 Å². The van der Waals surface area contributed by atoms with Crippen LogP contribution < -0.4 is 5.43 Å². The summed E-state index contributed by atoms with van der Waals surface area (Å²) in [6.45, 7) is 8.39. The standard InChI is InChI=1S/C12H22N2O5/c1-6-7-10(15)14(12(17)19-9(4)5)13-11(16)18-8(2)3/h8-9H,6-7H2,1-5H3,(H,13,16). The Morgan fingerprint density at radius 2 is 1.58 bits per heavy atom. The number of amides is 3. The Labute approximate surface area is 113 Å². The molecule has 0 bridgehead atoms. The summed E-state index contributed by atoms with van der Waals surface area (Å²) in [6, 6.07) is 0. The zero-order valence-electron chi connectivity index (χ0n) is 12.1. The fourth-order valence-corrected chi connectivity index (χ4v) is 1.12. The Bertz CT molecular complexity index is 328. The zero-order chi connectivity index (χ0) is 15.0. The molecule has 0 aliphatic rings. The monoisotopic (exact) mass is 274 g/mol. The molecular formula is C12H22N2O5. The molecule has 0 aromatic carbocycles. The summed E-state index contributed by atoms with van der Waals surface area (Å²) < 4.78 is 9.69. The first-order valence-corrected chi connectivity index (χ1v) is 6.28. The van der Waals surface area contributed by atoms with Gasteiger partial charge in [0.25, 0.3) is 5.91 Å². The molecule has 0 rings (SSSR count).